The summed E-state index contributed by atoms with van der Waals surface area (Å²) in [5.74, 6) is -0.610. The number of nitro groups is 1. The van der Waals surface area contributed by atoms with Gasteiger partial charge >= 0.3 is 0 Å². The molecule has 0 saturated carbocycles. The lowest BCUT2D eigenvalue weighted by Crippen LogP contribution is -2.29. The van der Waals surface area contributed by atoms with E-state index in [9.17, 15) is 19.7 Å². The molecule has 2 aromatic carbocycles. The number of fused-ring (bicyclic) bond motifs is 1. The van der Waals surface area contributed by atoms with Crippen LogP contribution in [-0.4, -0.2) is 28.3 Å². The van der Waals surface area contributed by atoms with Gasteiger partial charge in [-0.15, -0.1) is 0 Å². The summed E-state index contributed by atoms with van der Waals surface area (Å²) in [6, 6.07) is 13.2. The van der Waals surface area contributed by atoms with E-state index in [1.807, 2.05) is 6.07 Å². The summed E-state index contributed by atoms with van der Waals surface area (Å²) in [4.78, 5) is 41.7. The molecule has 1 N–H and O–H groups in total. The SMILES string of the molecule is Cc1ccc(C(=O)Nc2ccc3c(c2)N(C(=O)c2cccnc2)CC3)cc1[N+](=O)[O-]. The monoisotopic (exact) mass is 402 g/mol. The van der Waals surface area contributed by atoms with Gasteiger partial charge < -0.3 is 10.2 Å². The molecule has 0 fully saturated rings. The van der Waals surface area contributed by atoms with Crippen molar-refractivity contribution < 1.29 is 14.5 Å². The molecule has 30 heavy (non-hydrogen) atoms. The Labute approximate surface area is 172 Å². The maximum absolute atomic E-state index is 12.8. The molecule has 1 aliphatic heterocycles. The van der Waals surface area contributed by atoms with Crippen LogP contribution in [0.2, 0.25) is 0 Å². The molecule has 0 radical (unpaired) electrons. The predicted molar refractivity (Wildman–Crippen MR) is 112 cm³/mol. The van der Waals surface area contributed by atoms with Crippen molar-refractivity contribution in [1.29, 1.82) is 0 Å². The Morgan fingerprint density at radius 2 is 1.97 bits per heavy atom. The number of aromatic nitrogens is 1. The minimum absolute atomic E-state index is 0.107. The second kappa shape index (κ2) is 7.75. The highest BCUT2D eigenvalue weighted by Crippen LogP contribution is 2.32. The molecule has 2 heterocycles. The third-order valence-corrected chi connectivity index (χ3v) is 5.06. The Morgan fingerprint density at radius 1 is 1.13 bits per heavy atom. The molecule has 3 aromatic rings. The van der Waals surface area contributed by atoms with Crippen LogP contribution in [0.15, 0.2) is 60.9 Å². The highest BCUT2D eigenvalue weighted by Gasteiger charge is 2.26. The van der Waals surface area contributed by atoms with Gasteiger partial charge in [-0.25, -0.2) is 0 Å². The summed E-state index contributed by atoms with van der Waals surface area (Å²) < 4.78 is 0. The zero-order chi connectivity index (χ0) is 21.3. The van der Waals surface area contributed by atoms with E-state index in [0.717, 1.165) is 17.7 Å². The number of rotatable bonds is 4. The summed E-state index contributed by atoms with van der Waals surface area (Å²) >= 11 is 0. The van der Waals surface area contributed by atoms with Crippen molar-refractivity contribution in [2.45, 2.75) is 13.3 Å². The summed E-state index contributed by atoms with van der Waals surface area (Å²) in [6.07, 6.45) is 3.85. The normalized spacial score (nSPS) is 12.4. The smallest absolute Gasteiger partial charge is 0.273 e. The van der Waals surface area contributed by atoms with Gasteiger partial charge in [-0.2, -0.15) is 0 Å². The van der Waals surface area contributed by atoms with Gasteiger partial charge in [0.1, 0.15) is 0 Å². The second-order valence-electron chi connectivity index (χ2n) is 7.00. The maximum Gasteiger partial charge on any atom is 0.273 e. The van der Waals surface area contributed by atoms with Crippen LogP contribution in [0.25, 0.3) is 0 Å². The molecular weight excluding hydrogens is 384 g/mol. The molecule has 8 heteroatoms. The largest absolute Gasteiger partial charge is 0.322 e. The third kappa shape index (κ3) is 3.62. The van der Waals surface area contributed by atoms with E-state index in [1.54, 1.807) is 54.4 Å². The van der Waals surface area contributed by atoms with Crippen molar-refractivity contribution in [3.05, 3.63) is 93.3 Å². The Hall–Kier alpha value is -4.07. The molecule has 0 bridgehead atoms. The Kier molecular flexibility index (Phi) is 4.97. The minimum atomic E-state index is -0.510. The molecule has 4 rings (SSSR count). The number of nitrogens with zero attached hydrogens (tertiary/aromatic N) is 3. The minimum Gasteiger partial charge on any atom is -0.322 e. The predicted octanol–water partition coefficient (Wildman–Crippen LogP) is 3.75. The van der Waals surface area contributed by atoms with Crippen molar-refractivity contribution >= 4 is 28.9 Å². The number of aryl methyl sites for hydroxylation is 1. The van der Waals surface area contributed by atoms with Crippen LogP contribution < -0.4 is 10.2 Å². The fourth-order valence-corrected chi connectivity index (χ4v) is 3.46. The van der Waals surface area contributed by atoms with Gasteiger partial charge in [-0.05, 0) is 49.2 Å². The quantitative estimate of drug-likeness (QED) is 0.528. The molecule has 2 amide bonds. The number of benzene rings is 2. The summed E-state index contributed by atoms with van der Waals surface area (Å²) in [7, 11) is 0. The van der Waals surface area contributed by atoms with Gasteiger partial charge in [0.25, 0.3) is 17.5 Å². The van der Waals surface area contributed by atoms with Crippen LogP contribution in [-0.2, 0) is 6.42 Å². The summed E-state index contributed by atoms with van der Waals surface area (Å²) in [6.45, 7) is 2.17. The van der Waals surface area contributed by atoms with Crippen molar-refractivity contribution in [2.24, 2.45) is 0 Å². The number of hydrogen-bond donors (Lipinski definition) is 1. The van der Waals surface area contributed by atoms with Crippen molar-refractivity contribution in [2.75, 3.05) is 16.8 Å². The first-order valence-electron chi connectivity index (χ1n) is 9.35. The molecule has 150 valence electrons. The van der Waals surface area contributed by atoms with E-state index in [4.69, 9.17) is 0 Å². The van der Waals surface area contributed by atoms with E-state index in [1.165, 1.54) is 12.3 Å². The Morgan fingerprint density at radius 3 is 2.70 bits per heavy atom. The van der Waals surface area contributed by atoms with Crippen molar-refractivity contribution in [3.8, 4) is 0 Å². The van der Waals surface area contributed by atoms with Gasteiger partial charge in [-0.1, -0.05) is 12.1 Å². The number of carbonyl (C=O) groups excluding carboxylic acids is 2. The van der Waals surface area contributed by atoms with Crippen molar-refractivity contribution in [1.82, 2.24) is 4.98 Å². The third-order valence-electron chi connectivity index (χ3n) is 5.06. The van der Waals surface area contributed by atoms with Crippen LogP contribution in [0, 0.1) is 17.0 Å². The topological polar surface area (TPSA) is 105 Å². The lowest BCUT2D eigenvalue weighted by Gasteiger charge is -2.18. The van der Waals surface area contributed by atoms with Crippen LogP contribution >= 0.6 is 0 Å². The van der Waals surface area contributed by atoms with E-state index in [0.29, 0.717) is 23.4 Å². The fraction of sp³-hybridized carbons (Fsp3) is 0.136. The molecule has 0 unspecified atom stereocenters. The van der Waals surface area contributed by atoms with Crippen LogP contribution in [0.4, 0.5) is 17.1 Å². The summed E-state index contributed by atoms with van der Waals surface area (Å²) in [5, 5.41) is 13.9. The molecule has 8 nitrogen and oxygen atoms in total. The first-order valence-corrected chi connectivity index (χ1v) is 9.35. The number of pyridine rings is 1. The number of anilines is 2. The molecule has 1 aromatic heterocycles. The van der Waals surface area contributed by atoms with Gasteiger partial charge in [0, 0.05) is 47.5 Å². The molecule has 0 aliphatic carbocycles. The van der Waals surface area contributed by atoms with Crippen LogP contribution in [0.1, 0.15) is 31.8 Å². The fourth-order valence-electron chi connectivity index (χ4n) is 3.46. The first-order chi connectivity index (χ1) is 14.4. The number of hydrogen-bond acceptors (Lipinski definition) is 5. The highest BCUT2D eigenvalue weighted by molar-refractivity contribution is 6.08. The second-order valence-corrected chi connectivity index (χ2v) is 7.00. The standard InChI is InChI=1S/C22H18N4O4/c1-14-4-5-16(11-19(14)26(29)30)21(27)24-18-7-6-15-8-10-25(20(15)12-18)22(28)17-3-2-9-23-13-17/h2-7,9,11-13H,8,10H2,1H3,(H,24,27). The Balaban J connectivity index is 1.58. The van der Waals surface area contributed by atoms with Crippen molar-refractivity contribution in [3.63, 3.8) is 0 Å². The molecule has 0 atom stereocenters. The van der Waals surface area contributed by atoms with Gasteiger partial charge in [0.15, 0.2) is 0 Å². The molecule has 0 spiro atoms. The lowest BCUT2D eigenvalue weighted by molar-refractivity contribution is -0.385. The molecule has 0 saturated heterocycles. The highest BCUT2D eigenvalue weighted by atomic mass is 16.6. The number of nitrogens with one attached hydrogen (secondary N) is 1. The van der Waals surface area contributed by atoms with Gasteiger partial charge in [0.2, 0.25) is 0 Å². The lowest BCUT2D eigenvalue weighted by atomic mass is 10.1. The van der Waals surface area contributed by atoms with Crippen LogP contribution in [0.3, 0.4) is 0 Å². The summed E-state index contributed by atoms with van der Waals surface area (Å²) in [5.41, 5.74) is 3.31. The van der Waals surface area contributed by atoms with Gasteiger partial charge in [-0.3, -0.25) is 24.7 Å². The number of carbonyl (C=O) groups is 2. The Bertz CT molecular complexity index is 1160. The maximum atomic E-state index is 12.8. The van der Waals surface area contributed by atoms with Gasteiger partial charge in [0.05, 0.1) is 10.5 Å². The zero-order valence-electron chi connectivity index (χ0n) is 16.2. The number of nitro benzene ring substituents is 1. The molecular formula is C22H18N4O4. The van der Waals surface area contributed by atoms with E-state index >= 15 is 0 Å². The average Bonchev–Trinajstić information content (AvgIpc) is 3.17. The zero-order valence-corrected chi connectivity index (χ0v) is 16.2. The van der Waals surface area contributed by atoms with Crippen LogP contribution in [0.5, 0.6) is 0 Å². The van der Waals surface area contributed by atoms with E-state index in [2.05, 4.69) is 10.3 Å². The van der Waals surface area contributed by atoms with E-state index < -0.39 is 10.8 Å². The molecule has 1 aliphatic rings. The van der Waals surface area contributed by atoms with E-state index in [-0.39, 0.29) is 17.2 Å². The average molecular weight is 402 g/mol. The first kappa shape index (κ1) is 19.3. The number of amides is 2.